The fourth-order valence-electron chi connectivity index (χ4n) is 2.79. The fourth-order valence-corrected chi connectivity index (χ4v) is 2.79. The molecular formula is C16H23NO. The van der Waals surface area contributed by atoms with Crippen molar-refractivity contribution in [1.29, 1.82) is 0 Å². The molecule has 0 saturated heterocycles. The van der Waals surface area contributed by atoms with Crippen molar-refractivity contribution in [2.24, 2.45) is 5.73 Å². The zero-order valence-corrected chi connectivity index (χ0v) is 11.2. The Hall–Kier alpha value is -1.28. The van der Waals surface area contributed by atoms with Crippen LogP contribution >= 0.6 is 0 Å². The number of ether oxygens (including phenoxy) is 1. The summed E-state index contributed by atoms with van der Waals surface area (Å²) in [6, 6.07) is 6.44. The van der Waals surface area contributed by atoms with Crippen LogP contribution in [0.5, 0.6) is 5.75 Å². The molecule has 0 aliphatic heterocycles. The van der Waals surface area contributed by atoms with Crippen LogP contribution in [0.15, 0.2) is 24.3 Å². The summed E-state index contributed by atoms with van der Waals surface area (Å²) in [7, 11) is 1.76. The Labute approximate surface area is 110 Å². The second-order valence-corrected chi connectivity index (χ2v) is 4.97. The van der Waals surface area contributed by atoms with Gasteiger partial charge in [0.25, 0.3) is 0 Å². The summed E-state index contributed by atoms with van der Waals surface area (Å²) in [5.74, 6) is 1.70. The third kappa shape index (κ3) is 3.14. The van der Waals surface area contributed by atoms with Gasteiger partial charge in [0.15, 0.2) is 0 Å². The molecule has 1 aromatic carbocycles. The Bertz CT molecular complexity index is 406. The SMILES string of the molecule is COc1ccc(/C=C/CN)cc1C1CCCCC1. The van der Waals surface area contributed by atoms with Crippen LogP contribution in [0, 0.1) is 0 Å². The van der Waals surface area contributed by atoms with Gasteiger partial charge in [0.1, 0.15) is 5.75 Å². The summed E-state index contributed by atoms with van der Waals surface area (Å²) in [4.78, 5) is 0. The molecule has 0 atom stereocenters. The molecule has 18 heavy (non-hydrogen) atoms. The highest BCUT2D eigenvalue weighted by Gasteiger charge is 2.19. The lowest BCUT2D eigenvalue weighted by atomic mass is 9.83. The quantitative estimate of drug-likeness (QED) is 0.877. The standard InChI is InChI=1S/C16H23NO/c1-18-16-10-9-13(6-5-11-17)12-15(16)14-7-3-2-4-8-14/h5-6,9-10,12,14H,2-4,7-8,11,17H2,1H3/b6-5+. The van der Waals surface area contributed by atoms with E-state index < -0.39 is 0 Å². The highest BCUT2D eigenvalue weighted by molar-refractivity contribution is 5.54. The van der Waals surface area contributed by atoms with E-state index >= 15 is 0 Å². The molecule has 0 amide bonds. The number of nitrogens with two attached hydrogens (primary N) is 1. The molecule has 2 N–H and O–H groups in total. The molecule has 1 aliphatic carbocycles. The average Bonchev–Trinajstić information content (AvgIpc) is 2.45. The van der Waals surface area contributed by atoms with Gasteiger partial charge in [-0.2, -0.15) is 0 Å². The first-order valence-electron chi connectivity index (χ1n) is 6.89. The van der Waals surface area contributed by atoms with Gasteiger partial charge in [-0.25, -0.2) is 0 Å². The minimum atomic E-state index is 0.588. The molecule has 1 aromatic rings. The van der Waals surface area contributed by atoms with E-state index in [0.29, 0.717) is 12.5 Å². The van der Waals surface area contributed by atoms with Crippen LogP contribution in [0.4, 0.5) is 0 Å². The Morgan fingerprint density at radius 2 is 2.06 bits per heavy atom. The summed E-state index contributed by atoms with van der Waals surface area (Å²) in [6.45, 7) is 0.588. The van der Waals surface area contributed by atoms with E-state index in [0.717, 1.165) is 5.75 Å². The van der Waals surface area contributed by atoms with Crippen LogP contribution in [0.3, 0.4) is 0 Å². The molecule has 0 aromatic heterocycles. The molecular weight excluding hydrogens is 222 g/mol. The molecule has 1 fully saturated rings. The maximum absolute atomic E-state index is 5.51. The second-order valence-electron chi connectivity index (χ2n) is 4.97. The van der Waals surface area contributed by atoms with Gasteiger partial charge in [-0.05, 0) is 42.0 Å². The molecule has 1 saturated carbocycles. The van der Waals surface area contributed by atoms with Crippen LogP contribution in [-0.2, 0) is 0 Å². The molecule has 0 radical (unpaired) electrons. The Balaban J connectivity index is 2.26. The number of rotatable bonds is 4. The third-order valence-electron chi connectivity index (χ3n) is 3.75. The van der Waals surface area contributed by atoms with Crippen molar-refractivity contribution in [2.75, 3.05) is 13.7 Å². The molecule has 98 valence electrons. The fraction of sp³-hybridized carbons (Fsp3) is 0.500. The van der Waals surface area contributed by atoms with Crippen molar-refractivity contribution >= 4 is 6.08 Å². The predicted octanol–water partition coefficient (Wildman–Crippen LogP) is 3.71. The Morgan fingerprint density at radius 1 is 1.28 bits per heavy atom. The Morgan fingerprint density at radius 3 is 2.72 bits per heavy atom. The molecule has 0 heterocycles. The number of benzene rings is 1. The normalized spacial score (nSPS) is 17.2. The Kier molecular flexibility index (Phi) is 4.82. The van der Waals surface area contributed by atoms with E-state index in [2.05, 4.69) is 24.3 Å². The van der Waals surface area contributed by atoms with Crippen molar-refractivity contribution in [3.8, 4) is 5.75 Å². The molecule has 2 nitrogen and oxygen atoms in total. The third-order valence-corrected chi connectivity index (χ3v) is 3.75. The maximum Gasteiger partial charge on any atom is 0.122 e. The van der Waals surface area contributed by atoms with E-state index in [4.69, 9.17) is 10.5 Å². The predicted molar refractivity (Wildman–Crippen MR) is 76.9 cm³/mol. The van der Waals surface area contributed by atoms with Crippen LogP contribution in [-0.4, -0.2) is 13.7 Å². The molecule has 2 rings (SSSR count). The largest absolute Gasteiger partial charge is 0.496 e. The van der Waals surface area contributed by atoms with Crippen molar-refractivity contribution in [3.63, 3.8) is 0 Å². The van der Waals surface area contributed by atoms with E-state index in [9.17, 15) is 0 Å². The summed E-state index contributed by atoms with van der Waals surface area (Å²) in [5.41, 5.74) is 8.10. The lowest BCUT2D eigenvalue weighted by molar-refractivity contribution is 0.387. The summed E-state index contributed by atoms with van der Waals surface area (Å²) >= 11 is 0. The second kappa shape index (κ2) is 6.60. The monoisotopic (exact) mass is 245 g/mol. The zero-order valence-electron chi connectivity index (χ0n) is 11.2. The van der Waals surface area contributed by atoms with Gasteiger partial charge in [0.2, 0.25) is 0 Å². The highest BCUT2D eigenvalue weighted by atomic mass is 16.5. The van der Waals surface area contributed by atoms with E-state index in [1.165, 1.54) is 43.2 Å². The van der Waals surface area contributed by atoms with Gasteiger partial charge in [-0.1, -0.05) is 37.5 Å². The minimum absolute atomic E-state index is 0.588. The minimum Gasteiger partial charge on any atom is -0.496 e. The van der Waals surface area contributed by atoms with Gasteiger partial charge in [-0.3, -0.25) is 0 Å². The van der Waals surface area contributed by atoms with Gasteiger partial charge in [-0.15, -0.1) is 0 Å². The first-order chi connectivity index (χ1) is 8.85. The first kappa shape index (κ1) is 13.2. The van der Waals surface area contributed by atoms with Crippen molar-refractivity contribution in [3.05, 3.63) is 35.4 Å². The number of hydrogen-bond acceptors (Lipinski definition) is 2. The van der Waals surface area contributed by atoms with Crippen LogP contribution in [0.2, 0.25) is 0 Å². The lowest BCUT2D eigenvalue weighted by Gasteiger charge is -2.24. The van der Waals surface area contributed by atoms with Gasteiger partial charge >= 0.3 is 0 Å². The van der Waals surface area contributed by atoms with Crippen molar-refractivity contribution < 1.29 is 4.74 Å². The topological polar surface area (TPSA) is 35.2 Å². The number of hydrogen-bond donors (Lipinski definition) is 1. The van der Waals surface area contributed by atoms with Crippen molar-refractivity contribution in [1.82, 2.24) is 0 Å². The zero-order chi connectivity index (χ0) is 12.8. The smallest absolute Gasteiger partial charge is 0.122 e. The van der Waals surface area contributed by atoms with Crippen LogP contribution in [0.1, 0.15) is 49.1 Å². The first-order valence-corrected chi connectivity index (χ1v) is 6.89. The molecule has 1 aliphatic rings. The molecule has 0 bridgehead atoms. The van der Waals surface area contributed by atoms with E-state index in [1.54, 1.807) is 7.11 Å². The van der Waals surface area contributed by atoms with Gasteiger partial charge in [0, 0.05) is 6.54 Å². The highest BCUT2D eigenvalue weighted by Crippen LogP contribution is 2.37. The summed E-state index contributed by atoms with van der Waals surface area (Å²) in [6.07, 6.45) is 10.7. The van der Waals surface area contributed by atoms with Crippen LogP contribution in [0.25, 0.3) is 6.08 Å². The van der Waals surface area contributed by atoms with Crippen molar-refractivity contribution in [2.45, 2.75) is 38.0 Å². The summed E-state index contributed by atoms with van der Waals surface area (Å²) in [5, 5.41) is 0. The van der Waals surface area contributed by atoms with Gasteiger partial charge in [0.05, 0.1) is 7.11 Å². The van der Waals surface area contributed by atoms with E-state index in [-0.39, 0.29) is 0 Å². The summed E-state index contributed by atoms with van der Waals surface area (Å²) < 4.78 is 5.51. The average molecular weight is 245 g/mol. The molecule has 2 heteroatoms. The molecule has 0 spiro atoms. The van der Waals surface area contributed by atoms with Crippen LogP contribution < -0.4 is 10.5 Å². The lowest BCUT2D eigenvalue weighted by Crippen LogP contribution is -2.06. The molecule has 0 unspecified atom stereocenters. The van der Waals surface area contributed by atoms with E-state index in [1.807, 2.05) is 6.08 Å². The maximum atomic E-state index is 5.51. The van der Waals surface area contributed by atoms with Gasteiger partial charge < -0.3 is 10.5 Å². The number of methoxy groups -OCH3 is 1.